The Bertz CT molecular complexity index is 1180. The average molecular weight is 480 g/mol. The monoisotopic (exact) mass is 479 g/mol. The zero-order chi connectivity index (χ0) is 24.0. The van der Waals surface area contributed by atoms with Crippen molar-refractivity contribution in [2.24, 2.45) is 5.92 Å². The van der Waals surface area contributed by atoms with Gasteiger partial charge in [0.25, 0.3) is 10.0 Å². The molecular weight excluding hydrogens is 450 g/mol. The number of rotatable bonds is 8. The first-order valence-electron chi connectivity index (χ1n) is 11.4. The fraction of sp³-hybridized carbons (Fsp3) is 0.308. The molecule has 8 heteroatoms. The van der Waals surface area contributed by atoms with Gasteiger partial charge >= 0.3 is 0 Å². The van der Waals surface area contributed by atoms with Crippen LogP contribution >= 0.6 is 0 Å². The molecule has 0 unspecified atom stereocenters. The number of hydrogen-bond acceptors (Lipinski definition) is 5. The largest absolute Gasteiger partial charge is 0.497 e. The lowest BCUT2D eigenvalue weighted by molar-refractivity contribution is -0.130. The van der Waals surface area contributed by atoms with E-state index in [2.05, 4.69) is 17.1 Å². The van der Waals surface area contributed by atoms with Gasteiger partial charge in [-0.05, 0) is 67.1 Å². The minimum Gasteiger partial charge on any atom is -0.497 e. The second kappa shape index (κ2) is 10.7. The van der Waals surface area contributed by atoms with Crippen LogP contribution in [0.4, 0.5) is 5.69 Å². The molecule has 0 aliphatic carbocycles. The molecule has 4 rings (SSSR count). The summed E-state index contributed by atoms with van der Waals surface area (Å²) in [6, 6.07) is 20.1. The molecule has 178 valence electrons. The molecule has 0 atom stereocenters. The Balaban J connectivity index is 1.48. The molecule has 1 amide bonds. The first-order chi connectivity index (χ1) is 16.5. The van der Waals surface area contributed by atoms with Crippen LogP contribution in [-0.2, 0) is 21.2 Å². The van der Waals surface area contributed by atoms with Gasteiger partial charge in [0.2, 0.25) is 5.91 Å². The first-order valence-corrected chi connectivity index (χ1v) is 12.8. The van der Waals surface area contributed by atoms with Crippen molar-refractivity contribution >= 4 is 21.6 Å². The van der Waals surface area contributed by atoms with Crippen molar-refractivity contribution in [2.45, 2.75) is 24.2 Å². The van der Waals surface area contributed by atoms with Crippen molar-refractivity contribution < 1.29 is 17.9 Å². The summed E-state index contributed by atoms with van der Waals surface area (Å²) in [4.78, 5) is 19.0. The maximum Gasteiger partial charge on any atom is 0.266 e. The number of anilines is 1. The van der Waals surface area contributed by atoms with E-state index in [1.807, 2.05) is 18.2 Å². The number of benzene rings is 2. The standard InChI is InChI=1S/C26H29N3O4S/c1-33-24-11-9-23(10-12-24)29(34(31,32)25-8-5-15-27-19-25)20-26(30)28-16-13-22(14-17-28)18-21-6-3-2-4-7-21/h2-12,15,19,22H,13-14,16-18,20H2,1H3. The van der Waals surface area contributed by atoms with Crippen LogP contribution in [-0.4, -0.2) is 51.0 Å². The second-order valence-corrected chi connectivity index (χ2v) is 10.3. The number of aromatic nitrogens is 1. The molecule has 1 aliphatic heterocycles. The summed E-state index contributed by atoms with van der Waals surface area (Å²) < 4.78 is 33.2. The number of piperidine rings is 1. The van der Waals surface area contributed by atoms with Crippen LogP contribution in [0.15, 0.2) is 84.0 Å². The summed E-state index contributed by atoms with van der Waals surface area (Å²) in [5.74, 6) is 0.916. The van der Waals surface area contributed by atoms with Gasteiger partial charge in [-0.2, -0.15) is 0 Å². The summed E-state index contributed by atoms with van der Waals surface area (Å²) in [7, 11) is -2.43. The van der Waals surface area contributed by atoms with E-state index < -0.39 is 10.0 Å². The maximum atomic E-state index is 13.4. The minimum atomic E-state index is -3.98. The molecule has 2 aromatic carbocycles. The third-order valence-corrected chi connectivity index (χ3v) is 7.95. The fourth-order valence-corrected chi connectivity index (χ4v) is 5.63. The van der Waals surface area contributed by atoms with Gasteiger partial charge in [-0.3, -0.25) is 14.1 Å². The van der Waals surface area contributed by atoms with Gasteiger partial charge in [0.05, 0.1) is 12.8 Å². The Hall–Kier alpha value is -3.39. The number of ether oxygens (including phenoxy) is 1. The third-order valence-electron chi connectivity index (χ3n) is 6.20. The van der Waals surface area contributed by atoms with Crippen molar-refractivity contribution in [2.75, 3.05) is 31.0 Å². The zero-order valence-corrected chi connectivity index (χ0v) is 20.0. The number of amides is 1. The van der Waals surface area contributed by atoms with Gasteiger partial charge in [0.1, 0.15) is 17.2 Å². The number of likely N-dealkylation sites (tertiary alicyclic amines) is 1. The predicted octanol–water partition coefficient (Wildman–Crippen LogP) is 3.77. The Labute approximate surface area is 201 Å². The number of pyridine rings is 1. The van der Waals surface area contributed by atoms with Crippen LogP contribution in [0.2, 0.25) is 0 Å². The van der Waals surface area contributed by atoms with E-state index in [1.54, 1.807) is 42.3 Å². The van der Waals surface area contributed by atoms with Crippen LogP contribution in [0, 0.1) is 5.92 Å². The zero-order valence-electron chi connectivity index (χ0n) is 19.2. The molecule has 7 nitrogen and oxygen atoms in total. The SMILES string of the molecule is COc1ccc(N(CC(=O)N2CCC(Cc3ccccc3)CC2)S(=O)(=O)c2cccnc2)cc1. The van der Waals surface area contributed by atoms with Gasteiger partial charge in [-0.25, -0.2) is 8.42 Å². The van der Waals surface area contributed by atoms with Crippen molar-refractivity contribution in [3.8, 4) is 5.75 Å². The number of nitrogens with zero attached hydrogens (tertiary/aromatic N) is 3. The molecule has 2 heterocycles. The van der Waals surface area contributed by atoms with Gasteiger partial charge in [0.15, 0.2) is 0 Å². The van der Waals surface area contributed by atoms with Crippen LogP contribution in [0.25, 0.3) is 0 Å². The lowest BCUT2D eigenvalue weighted by atomic mass is 9.90. The van der Waals surface area contributed by atoms with Crippen LogP contribution < -0.4 is 9.04 Å². The first kappa shape index (κ1) is 23.8. The second-order valence-electron chi connectivity index (χ2n) is 8.41. The Morgan fingerprint density at radius 3 is 2.35 bits per heavy atom. The normalized spacial score (nSPS) is 14.6. The van der Waals surface area contributed by atoms with E-state index in [4.69, 9.17) is 4.74 Å². The van der Waals surface area contributed by atoms with Crippen molar-refractivity contribution in [1.82, 2.24) is 9.88 Å². The molecule has 34 heavy (non-hydrogen) atoms. The maximum absolute atomic E-state index is 13.4. The van der Waals surface area contributed by atoms with Gasteiger partial charge < -0.3 is 9.64 Å². The smallest absolute Gasteiger partial charge is 0.266 e. The van der Waals surface area contributed by atoms with Gasteiger partial charge in [0, 0.05) is 25.5 Å². The molecule has 0 bridgehead atoms. The van der Waals surface area contributed by atoms with E-state index in [1.165, 1.54) is 24.0 Å². The summed E-state index contributed by atoms with van der Waals surface area (Å²) in [5, 5.41) is 0. The molecule has 1 fully saturated rings. The number of methoxy groups -OCH3 is 1. The van der Waals surface area contributed by atoms with E-state index in [-0.39, 0.29) is 17.3 Å². The molecule has 3 aromatic rings. The number of carbonyl (C=O) groups is 1. The highest BCUT2D eigenvalue weighted by Crippen LogP contribution is 2.27. The summed E-state index contributed by atoms with van der Waals surface area (Å²) in [6.45, 7) is 0.979. The molecule has 0 spiro atoms. The quantitative estimate of drug-likeness (QED) is 0.491. The summed E-state index contributed by atoms with van der Waals surface area (Å²) in [5.41, 5.74) is 1.71. The number of sulfonamides is 1. The molecule has 1 aromatic heterocycles. The van der Waals surface area contributed by atoms with Gasteiger partial charge in [-0.1, -0.05) is 30.3 Å². The van der Waals surface area contributed by atoms with Crippen LogP contribution in [0.5, 0.6) is 5.75 Å². The highest BCUT2D eigenvalue weighted by Gasteiger charge is 2.30. The molecule has 0 radical (unpaired) electrons. The number of hydrogen-bond donors (Lipinski definition) is 0. The van der Waals surface area contributed by atoms with Crippen molar-refractivity contribution in [3.05, 3.63) is 84.7 Å². The summed E-state index contributed by atoms with van der Waals surface area (Å²) >= 11 is 0. The minimum absolute atomic E-state index is 0.0418. The van der Waals surface area contributed by atoms with E-state index in [9.17, 15) is 13.2 Å². The van der Waals surface area contributed by atoms with Crippen LogP contribution in [0.3, 0.4) is 0 Å². The Kier molecular flexibility index (Phi) is 7.47. The highest BCUT2D eigenvalue weighted by atomic mass is 32.2. The summed E-state index contributed by atoms with van der Waals surface area (Å²) in [6.07, 6.45) is 5.61. The van der Waals surface area contributed by atoms with Crippen molar-refractivity contribution in [1.29, 1.82) is 0 Å². The highest BCUT2D eigenvalue weighted by molar-refractivity contribution is 7.92. The fourth-order valence-electron chi connectivity index (χ4n) is 4.25. The molecular formula is C26H29N3O4S. The topological polar surface area (TPSA) is 79.8 Å². The van der Waals surface area contributed by atoms with E-state index in [0.717, 1.165) is 23.6 Å². The Morgan fingerprint density at radius 1 is 1.03 bits per heavy atom. The molecule has 0 saturated carbocycles. The average Bonchev–Trinajstić information content (AvgIpc) is 2.89. The molecule has 1 aliphatic rings. The number of carbonyl (C=O) groups excluding carboxylic acids is 1. The molecule has 0 N–H and O–H groups in total. The van der Waals surface area contributed by atoms with E-state index >= 15 is 0 Å². The lowest BCUT2D eigenvalue weighted by Crippen LogP contribution is -2.46. The van der Waals surface area contributed by atoms with Crippen molar-refractivity contribution in [3.63, 3.8) is 0 Å². The Morgan fingerprint density at radius 2 is 1.74 bits per heavy atom. The van der Waals surface area contributed by atoms with Crippen LogP contribution in [0.1, 0.15) is 18.4 Å². The third kappa shape index (κ3) is 5.56. The van der Waals surface area contributed by atoms with E-state index in [0.29, 0.717) is 30.4 Å². The molecule has 1 saturated heterocycles. The predicted molar refractivity (Wildman–Crippen MR) is 131 cm³/mol. The lowest BCUT2D eigenvalue weighted by Gasteiger charge is -2.34. The van der Waals surface area contributed by atoms with Gasteiger partial charge in [-0.15, -0.1) is 0 Å².